The number of H-pyrrole nitrogens is 1. The number of aliphatic hydroxyl groups excluding tert-OH is 1. The minimum atomic E-state index is -0.390. The van der Waals surface area contributed by atoms with E-state index in [4.69, 9.17) is 0 Å². The second kappa shape index (κ2) is 5.47. The fourth-order valence-electron chi connectivity index (χ4n) is 2.68. The van der Waals surface area contributed by atoms with Gasteiger partial charge in [-0.3, -0.25) is 14.3 Å². The number of nitrogens with zero attached hydrogens (tertiary/aromatic N) is 3. The maximum absolute atomic E-state index is 12.6. The molecule has 0 atom stereocenters. The minimum Gasteiger partial charge on any atom is -0.391 e. The van der Waals surface area contributed by atoms with Crippen molar-refractivity contribution in [2.24, 2.45) is 0 Å². The highest BCUT2D eigenvalue weighted by Gasteiger charge is 2.12. The highest BCUT2D eigenvalue weighted by Crippen LogP contribution is 2.21. The summed E-state index contributed by atoms with van der Waals surface area (Å²) in [6.45, 7) is 1.51. The monoisotopic (exact) mass is 321 g/mol. The summed E-state index contributed by atoms with van der Waals surface area (Å²) in [5, 5.41) is 20.6. The molecule has 24 heavy (non-hydrogen) atoms. The number of benzene rings is 1. The van der Waals surface area contributed by atoms with Gasteiger partial charge in [0.1, 0.15) is 11.5 Å². The molecule has 3 N–H and O–H groups in total. The molecule has 3 heterocycles. The van der Waals surface area contributed by atoms with Crippen LogP contribution in [-0.2, 0) is 6.61 Å². The zero-order valence-electron chi connectivity index (χ0n) is 12.9. The molecule has 0 amide bonds. The number of rotatable bonds is 3. The van der Waals surface area contributed by atoms with Gasteiger partial charge in [0, 0.05) is 17.3 Å². The molecule has 0 spiro atoms. The van der Waals surface area contributed by atoms with E-state index in [2.05, 4.69) is 20.5 Å². The fraction of sp³-hybridized carbons (Fsp3) is 0.118. The van der Waals surface area contributed by atoms with E-state index < -0.39 is 0 Å². The number of aromatic nitrogens is 4. The molecule has 4 aromatic rings. The molecule has 0 saturated carbocycles. The number of aliphatic hydroxyl groups is 1. The summed E-state index contributed by atoms with van der Waals surface area (Å²) in [6.07, 6.45) is 3.43. The summed E-state index contributed by atoms with van der Waals surface area (Å²) in [6, 6.07) is 9.32. The Labute approximate surface area is 136 Å². The highest BCUT2D eigenvalue weighted by atomic mass is 16.3. The second-order valence-electron chi connectivity index (χ2n) is 5.63. The zero-order chi connectivity index (χ0) is 16.7. The van der Waals surface area contributed by atoms with Gasteiger partial charge in [0.15, 0.2) is 0 Å². The van der Waals surface area contributed by atoms with Crippen molar-refractivity contribution in [3.8, 4) is 0 Å². The predicted molar refractivity (Wildman–Crippen MR) is 91.5 cm³/mol. The van der Waals surface area contributed by atoms with Gasteiger partial charge in [-0.25, -0.2) is 4.98 Å². The number of hydrogen-bond donors (Lipinski definition) is 3. The second-order valence-corrected chi connectivity index (χ2v) is 5.63. The number of aromatic amines is 1. The average molecular weight is 321 g/mol. The van der Waals surface area contributed by atoms with Crippen LogP contribution in [-0.4, -0.2) is 24.7 Å². The van der Waals surface area contributed by atoms with Crippen molar-refractivity contribution in [3.63, 3.8) is 0 Å². The standard InChI is InChI=1S/C17H15N5O2/c1-10-2-5-15-20-16(13(9-23)17(24)22(15)8-10)19-12-3-4-14-11(6-12)7-18-21-14/h2-8,19,23H,9H2,1H3,(H,18,21). The van der Waals surface area contributed by atoms with Gasteiger partial charge in [0.05, 0.1) is 23.9 Å². The van der Waals surface area contributed by atoms with Gasteiger partial charge in [0.2, 0.25) is 0 Å². The lowest BCUT2D eigenvalue weighted by Crippen LogP contribution is -2.22. The fourth-order valence-corrected chi connectivity index (χ4v) is 2.68. The topological polar surface area (TPSA) is 95.3 Å². The first-order chi connectivity index (χ1) is 11.7. The van der Waals surface area contributed by atoms with Gasteiger partial charge in [-0.05, 0) is 36.8 Å². The molecule has 7 nitrogen and oxygen atoms in total. The molecule has 4 rings (SSSR count). The van der Waals surface area contributed by atoms with Crippen molar-refractivity contribution in [2.45, 2.75) is 13.5 Å². The van der Waals surface area contributed by atoms with Crippen molar-refractivity contribution < 1.29 is 5.11 Å². The molecule has 0 radical (unpaired) electrons. The summed E-state index contributed by atoms with van der Waals surface area (Å²) in [7, 11) is 0. The van der Waals surface area contributed by atoms with E-state index in [0.29, 0.717) is 11.5 Å². The third-order valence-electron chi connectivity index (χ3n) is 3.93. The maximum Gasteiger partial charge on any atom is 0.265 e. The molecule has 1 aromatic carbocycles. The van der Waals surface area contributed by atoms with Crippen LogP contribution in [0.15, 0.2) is 47.5 Å². The van der Waals surface area contributed by atoms with E-state index >= 15 is 0 Å². The molecule has 120 valence electrons. The normalized spacial score (nSPS) is 11.2. The van der Waals surface area contributed by atoms with Crippen molar-refractivity contribution >= 4 is 28.1 Å². The van der Waals surface area contributed by atoms with Crippen LogP contribution in [0, 0.1) is 6.92 Å². The number of aryl methyl sites for hydroxylation is 1. The molecule has 7 heteroatoms. The molecule has 0 aliphatic heterocycles. The lowest BCUT2D eigenvalue weighted by atomic mass is 10.2. The number of hydrogen-bond acceptors (Lipinski definition) is 5. The van der Waals surface area contributed by atoms with Gasteiger partial charge in [0.25, 0.3) is 5.56 Å². The molecule has 0 unspecified atom stereocenters. The zero-order valence-corrected chi connectivity index (χ0v) is 12.9. The smallest absolute Gasteiger partial charge is 0.265 e. The summed E-state index contributed by atoms with van der Waals surface area (Å²) < 4.78 is 1.45. The Balaban J connectivity index is 1.85. The van der Waals surface area contributed by atoms with Crippen molar-refractivity contribution in [3.05, 3.63) is 64.2 Å². The molecule has 0 aliphatic rings. The predicted octanol–water partition coefficient (Wildman–Crippen LogP) is 2.12. The average Bonchev–Trinajstić information content (AvgIpc) is 3.04. The van der Waals surface area contributed by atoms with E-state index in [9.17, 15) is 9.90 Å². The summed E-state index contributed by atoms with van der Waals surface area (Å²) in [5.41, 5.74) is 3.10. The molecule has 3 aromatic heterocycles. The Morgan fingerprint density at radius 3 is 3.00 bits per heavy atom. The molecule has 0 aliphatic carbocycles. The third kappa shape index (κ3) is 2.31. The number of pyridine rings is 1. The van der Waals surface area contributed by atoms with Crippen LogP contribution >= 0.6 is 0 Å². The Hall–Kier alpha value is -3.19. The lowest BCUT2D eigenvalue weighted by molar-refractivity contribution is 0.280. The van der Waals surface area contributed by atoms with E-state index in [1.807, 2.05) is 31.2 Å². The van der Waals surface area contributed by atoms with Crippen LogP contribution in [0.5, 0.6) is 0 Å². The largest absolute Gasteiger partial charge is 0.391 e. The molecular weight excluding hydrogens is 306 g/mol. The first-order valence-electron chi connectivity index (χ1n) is 7.48. The van der Waals surface area contributed by atoms with Crippen molar-refractivity contribution in [2.75, 3.05) is 5.32 Å². The summed E-state index contributed by atoms with van der Waals surface area (Å²) >= 11 is 0. The number of anilines is 2. The van der Waals surface area contributed by atoms with Crippen molar-refractivity contribution in [1.82, 2.24) is 19.6 Å². The Morgan fingerprint density at radius 1 is 1.29 bits per heavy atom. The number of nitrogens with one attached hydrogen (secondary N) is 2. The van der Waals surface area contributed by atoms with Crippen molar-refractivity contribution in [1.29, 1.82) is 0 Å². The molecular formula is C17H15N5O2. The van der Waals surface area contributed by atoms with Crippen LogP contribution in [0.25, 0.3) is 16.6 Å². The Bertz CT molecular complexity index is 1110. The van der Waals surface area contributed by atoms with Gasteiger partial charge >= 0.3 is 0 Å². The van der Waals surface area contributed by atoms with E-state index in [0.717, 1.165) is 22.2 Å². The minimum absolute atomic E-state index is 0.227. The summed E-state index contributed by atoms with van der Waals surface area (Å²) in [4.78, 5) is 17.1. The summed E-state index contributed by atoms with van der Waals surface area (Å²) in [5.74, 6) is 0.356. The number of fused-ring (bicyclic) bond motifs is 2. The van der Waals surface area contributed by atoms with E-state index in [1.165, 1.54) is 4.40 Å². The third-order valence-corrected chi connectivity index (χ3v) is 3.93. The molecule has 0 saturated heterocycles. The van der Waals surface area contributed by atoms with Gasteiger partial charge < -0.3 is 10.4 Å². The SMILES string of the molecule is Cc1ccc2nc(Nc3ccc4[nH]ncc4c3)c(CO)c(=O)n2c1. The maximum atomic E-state index is 12.6. The van der Waals surface area contributed by atoms with Crippen LogP contribution in [0.1, 0.15) is 11.1 Å². The molecule has 0 fully saturated rings. The van der Waals surface area contributed by atoms with E-state index in [-0.39, 0.29) is 17.7 Å². The van der Waals surface area contributed by atoms with Gasteiger partial charge in [-0.1, -0.05) is 6.07 Å². The van der Waals surface area contributed by atoms with Crippen LogP contribution in [0.4, 0.5) is 11.5 Å². The highest BCUT2D eigenvalue weighted by molar-refractivity contribution is 5.82. The van der Waals surface area contributed by atoms with Gasteiger partial charge in [-0.2, -0.15) is 5.10 Å². The lowest BCUT2D eigenvalue weighted by Gasteiger charge is -2.12. The van der Waals surface area contributed by atoms with E-state index in [1.54, 1.807) is 18.5 Å². The first-order valence-corrected chi connectivity index (χ1v) is 7.48. The Kier molecular flexibility index (Phi) is 3.28. The molecule has 0 bridgehead atoms. The van der Waals surface area contributed by atoms with Crippen LogP contribution < -0.4 is 10.9 Å². The first kappa shape index (κ1) is 14.4. The Morgan fingerprint density at radius 2 is 2.17 bits per heavy atom. The van der Waals surface area contributed by atoms with Gasteiger partial charge in [-0.15, -0.1) is 0 Å². The quantitative estimate of drug-likeness (QED) is 0.537. The van der Waals surface area contributed by atoms with Crippen LogP contribution in [0.3, 0.4) is 0 Å². The van der Waals surface area contributed by atoms with Crippen LogP contribution in [0.2, 0.25) is 0 Å².